The van der Waals surface area contributed by atoms with Crippen molar-refractivity contribution in [1.29, 1.82) is 0 Å². The average molecular weight is 396 g/mol. The lowest BCUT2D eigenvalue weighted by Crippen LogP contribution is -2.36. The minimum Gasteiger partial charge on any atom is -0.479 e. The number of hydrogen-bond donors (Lipinski definition) is 1. The van der Waals surface area contributed by atoms with Gasteiger partial charge in [0.2, 0.25) is 0 Å². The Bertz CT molecular complexity index is 747. The number of halogens is 2. The smallest absolute Gasteiger partial charge is 0.348 e. The first-order valence-corrected chi connectivity index (χ1v) is 8.83. The van der Waals surface area contributed by atoms with Gasteiger partial charge in [0, 0.05) is 15.7 Å². The predicted octanol–water partition coefficient (Wildman–Crippen LogP) is 4.72. The quantitative estimate of drug-likeness (QED) is 0.688. The van der Waals surface area contributed by atoms with Crippen molar-refractivity contribution in [3.63, 3.8) is 0 Å². The summed E-state index contributed by atoms with van der Waals surface area (Å²) in [6.45, 7) is 3.28. The molecular formula is C19H19Cl2NO4. The molecule has 0 unspecified atom stereocenters. The number of para-hydroxylation sites is 1. The molecule has 26 heavy (non-hydrogen) atoms. The summed E-state index contributed by atoms with van der Waals surface area (Å²) in [5, 5.41) is 3.39. The number of rotatable bonds is 7. The topological polar surface area (TPSA) is 64.6 Å². The van der Waals surface area contributed by atoms with Gasteiger partial charge in [-0.3, -0.25) is 4.79 Å². The number of amides is 1. The third-order valence-corrected chi connectivity index (χ3v) is 3.88. The highest BCUT2D eigenvalue weighted by Crippen LogP contribution is 2.22. The Morgan fingerprint density at radius 1 is 1.08 bits per heavy atom. The fourth-order valence-corrected chi connectivity index (χ4v) is 2.66. The number of anilines is 1. The van der Waals surface area contributed by atoms with Crippen LogP contribution in [0.2, 0.25) is 10.0 Å². The Morgan fingerprint density at radius 2 is 1.69 bits per heavy atom. The molecule has 0 aromatic heterocycles. The van der Waals surface area contributed by atoms with Crippen LogP contribution in [0.4, 0.5) is 5.69 Å². The minimum absolute atomic E-state index is 0.389. The number of ether oxygens (including phenoxy) is 2. The maximum Gasteiger partial charge on any atom is 0.348 e. The van der Waals surface area contributed by atoms with Crippen LogP contribution in [-0.4, -0.2) is 24.1 Å². The highest BCUT2D eigenvalue weighted by atomic mass is 35.5. The van der Waals surface area contributed by atoms with Gasteiger partial charge in [-0.05, 0) is 43.7 Å². The third kappa shape index (κ3) is 5.93. The standard InChI is InChI=1S/C19H19Cl2NO4/c1-3-17(26-16-7-5-4-6-8-16)19(24)25-12(2)18(23)22-15-10-13(20)9-14(21)11-15/h4-12,17H,3H2,1-2H3,(H,22,23)/t12-,17+/m0/s1. The molecule has 1 N–H and O–H groups in total. The Balaban J connectivity index is 1.94. The van der Waals surface area contributed by atoms with Crippen LogP contribution >= 0.6 is 23.2 Å². The van der Waals surface area contributed by atoms with Crippen LogP contribution in [0.15, 0.2) is 48.5 Å². The van der Waals surface area contributed by atoms with E-state index in [2.05, 4.69) is 5.32 Å². The monoisotopic (exact) mass is 395 g/mol. The molecular weight excluding hydrogens is 377 g/mol. The molecule has 7 heteroatoms. The summed E-state index contributed by atoms with van der Waals surface area (Å²) in [6.07, 6.45) is -1.40. The lowest BCUT2D eigenvalue weighted by Gasteiger charge is -2.19. The molecule has 0 aliphatic carbocycles. The summed E-state index contributed by atoms with van der Waals surface area (Å²) in [5.41, 5.74) is 0.419. The number of carbonyl (C=O) groups is 2. The van der Waals surface area contributed by atoms with Gasteiger partial charge < -0.3 is 14.8 Å². The lowest BCUT2D eigenvalue weighted by atomic mass is 10.2. The maximum atomic E-state index is 12.3. The van der Waals surface area contributed by atoms with E-state index in [4.69, 9.17) is 32.7 Å². The van der Waals surface area contributed by atoms with Crippen molar-refractivity contribution >= 4 is 40.8 Å². The van der Waals surface area contributed by atoms with Gasteiger partial charge in [0.15, 0.2) is 12.2 Å². The van der Waals surface area contributed by atoms with Crippen LogP contribution in [0.5, 0.6) is 5.75 Å². The molecule has 1 amide bonds. The van der Waals surface area contributed by atoms with Crippen LogP contribution in [-0.2, 0) is 14.3 Å². The van der Waals surface area contributed by atoms with E-state index in [9.17, 15) is 9.59 Å². The minimum atomic E-state index is -1.01. The van der Waals surface area contributed by atoms with Crippen molar-refractivity contribution in [3.05, 3.63) is 58.6 Å². The first kappa shape index (κ1) is 20.1. The summed E-state index contributed by atoms with van der Waals surface area (Å²) < 4.78 is 10.8. The van der Waals surface area contributed by atoms with Crippen molar-refractivity contribution in [3.8, 4) is 5.75 Å². The van der Waals surface area contributed by atoms with Crippen molar-refractivity contribution in [2.24, 2.45) is 0 Å². The summed E-state index contributed by atoms with van der Waals surface area (Å²) in [6, 6.07) is 13.6. The predicted molar refractivity (Wildman–Crippen MR) is 102 cm³/mol. The Hall–Kier alpha value is -2.24. The lowest BCUT2D eigenvalue weighted by molar-refractivity contribution is -0.160. The Morgan fingerprint density at radius 3 is 2.27 bits per heavy atom. The number of benzene rings is 2. The van der Waals surface area contributed by atoms with E-state index in [1.807, 2.05) is 6.07 Å². The SMILES string of the molecule is CC[C@@H](Oc1ccccc1)C(=O)O[C@@H](C)C(=O)Nc1cc(Cl)cc(Cl)c1. The van der Waals surface area contributed by atoms with Gasteiger partial charge in [0.25, 0.3) is 5.91 Å². The van der Waals surface area contributed by atoms with E-state index in [-0.39, 0.29) is 0 Å². The second-order valence-corrected chi connectivity index (χ2v) is 6.43. The number of nitrogens with one attached hydrogen (secondary N) is 1. The van der Waals surface area contributed by atoms with Crippen LogP contribution in [0, 0.1) is 0 Å². The molecule has 2 atom stereocenters. The highest BCUT2D eigenvalue weighted by molar-refractivity contribution is 6.35. The van der Waals surface area contributed by atoms with Crippen molar-refractivity contribution < 1.29 is 19.1 Å². The molecule has 138 valence electrons. The molecule has 0 aliphatic heterocycles. The van der Waals surface area contributed by atoms with Crippen LogP contribution < -0.4 is 10.1 Å². The van der Waals surface area contributed by atoms with E-state index < -0.39 is 24.1 Å². The molecule has 0 heterocycles. The summed E-state index contributed by atoms with van der Waals surface area (Å²) >= 11 is 11.8. The zero-order valence-electron chi connectivity index (χ0n) is 14.4. The van der Waals surface area contributed by atoms with E-state index in [0.29, 0.717) is 27.9 Å². The van der Waals surface area contributed by atoms with Gasteiger partial charge in [-0.2, -0.15) is 0 Å². The molecule has 2 rings (SSSR count). The molecule has 2 aromatic carbocycles. The first-order valence-electron chi connectivity index (χ1n) is 8.08. The fourth-order valence-electron chi connectivity index (χ4n) is 2.13. The second kappa shape index (κ2) is 9.46. The van der Waals surface area contributed by atoms with Gasteiger partial charge in [-0.15, -0.1) is 0 Å². The summed E-state index contributed by atoms with van der Waals surface area (Å²) in [5.74, 6) is -0.545. The molecule has 0 saturated carbocycles. The van der Waals surface area contributed by atoms with Crippen molar-refractivity contribution in [1.82, 2.24) is 0 Å². The van der Waals surface area contributed by atoms with Crippen LogP contribution in [0.1, 0.15) is 20.3 Å². The zero-order chi connectivity index (χ0) is 19.1. The number of esters is 1. The molecule has 0 aliphatic rings. The highest BCUT2D eigenvalue weighted by Gasteiger charge is 2.25. The fraction of sp³-hybridized carbons (Fsp3) is 0.263. The molecule has 0 spiro atoms. The molecule has 0 radical (unpaired) electrons. The van der Waals surface area contributed by atoms with E-state index in [1.165, 1.54) is 6.92 Å². The van der Waals surface area contributed by atoms with E-state index in [0.717, 1.165) is 0 Å². The zero-order valence-corrected chi connectivity index (χ0v) is 15.9. The van der Waals surface area contributed by atoms with Gasteiger partial charge in [0.05, 0.1) is 0 Å². The van der Waals surface area contributed by atoms with Gasteiger partial charge >= 0.3 is 5.97 Å². The molecule has 0 fully saturated rings. The molecule has 0 saturated heterocycles. The van der Waals surface area contributed by atoms with Gasteiger partial charge in [0.1, 0.15) is 5.75 Å². The average Bonchev–Trinajstić information content (AvgIpc) is 2.59. The Kier molecular flexibility index (Phi) is 7.30. The largest absolute Gasteiger partial charge is 0.479 e. The Labute approximate surface area is 162 Å². The molecule has 2 aromatic rings. The second-order valence-electron chi connectivity index (χ2n) is 5.55. The van der Waals surface area contributed by atoms with Crippen LogP contribution in [0.3, 0.4) is 0 Å². The summed E-state index contributed by atoms with van der Waals surface area (Å²) in [7, 11) is 0. The van der Waals surface area contributed by atoms with E-state index >= 15 is 0 Å². The molecule has 0 bridgehead atoms. The van der Waals surface area contributed by atoms with Crippen LogP contribution in [0.25, 0.3) is 0 Å². The van der Waals surface area contributed by atoms with E-state index in [1.54, 1.807) is 49.4 Å². The van der Waals surface area contributed by atoms with Gasteiger partial charge in [-0.25, -0.2) is 4.79 Å². The number of carbonyl (C=O) groups excluding carboxylic acids is 2. The maximum absolute atomic E-state index is 12.3. The molecule has 5 nitrogen and oxygen atoms in total. The normalized spacial score (nSPS) is 12.8. The third-order valence-electron chi connectivity index (χ3n) is 3.45. The van der Waals surface area contributed by atoms with Crippen molar-refractivity contribution in [2.45, 2.75) is 32.5 Å². The number of hydrogen-bond acceptors (Lipinski definition) is 4. The van der Waals surface area contributed by atoms with Gasteiger partial charge in [-0.1, -0.05) is 48.3 Å². The van der Waals surface area contributed by atoms with Crippen molar-refractivity contribution in [2.75, 3.05) is 5.32 Å². The first-order chi connectivity index (χ1) is 12.4. The summed E-state index contributed by atoms with van der Waals surface area (Å²) in [4.78, 5) is 24.5.